The molecule has 0 saturated carbocycles. The SMILES string of the molecule is NS(=O)(=O)c1cccc(NCc2ccc[nH]2)c1. The molecule has 0 aliphatic heterocycles. The fourth-order valence-electron chi connectivity index (χ4n) is 1.46. The van der Waals surface area contributed by atoms with E-state index in [1.165, 1.54) is 12.1 Å². The van der Waals surface area contributed by atoms with E-state index in [4.69, 9.17) is 5.14 Å². The standard InChI is InChI=1S/C11H13N3O2S/c12-17(15,16)11-5-1-3-9(7-11)14-8-10-4-2-6-13-10/h1-7,13-14H,8H2,(H2,12,15,16). The first-order valence-corrected chi connectivity index (χ1v) is 6.59. The number of hydrogen-bond acceptors (Lipinski definition) is 3. The molecule has 2 aromatic rings. The van der Waals surface area contributed by atoms with Gasteiger partial charge in [-0.1, -0.05) is 6.07 Å². The van der Waals surface area contributed by atoms with Crippen LogP contribution in [0.25, 0.3) is 0 Å². The van der Waals surface area contributed by atoms with Crippen molar-refractivity contribution < 1.29 is 8.42 Å². The number of benzene rings is 1. The molecule has 6 heteroatoms. The van der Waals surface area contributed by atoms with Gasteiger partial charge in [-0.15, -0.1) is 0 Å². The van der Waals surface area contributed by atoms with Crippen LogP contribution in [-0.4, -0.2) is 13.4 Å². The fraction of sp³-hybridized carbons (Fsp3) is 0.0909. The first-order valence-electron chi connectivity index (χ1n) is 5.05. The van der Waals surface area contributed by atoms with E-state index >= 15 is 0 Å². The molecule has 5 nitrogen and oxygen atoms in total. The Kier molecular flexibility index (Phi) is 3.16. The Morgan fingerprint density at radius 1 is 1.24 bits per heavy atom. The molecular formula is C11H13N3O2S. The molecule has 0 aliphatic rings. The van der Waals surface area contributed by atoms with Gasteiger partial charge in [-0.05, 0) is 30.3 Å². The highest BCUT2D eigenvalue weighted by Gasteiger charge is 2.07. The average molecular weight is 251 g/mol. The minimum atomic E-state index is -3.65. The summed E-state index contributed by atoms with van der Waals surface area (Å²) in [5.41, 5.74) is 1.73. The molecule has 0 radical (unpaired) electrons. The number of H-pyrrole nitrogens is 1. The minimum absolute atomic E-state index is 0.106. The summed E-state index contributed by atoms with van der Waals surface area (Å²) >= 11 is 0. The second-order valence-electron chi connectivity index (χ2n) is 3.62. The maximum atomic E-state index is 11.2. The summed E-state index contributed by atoms with van der Waals surface area (Å²) in [7, 11) is -3.65. The summed E-state index contributed by atoms with van der Waals surface area (Å²) in [6.07, 6.45) is 1.83. The van der Waals surface area contributed by atoms with Crippen LogP contribution >= 0.6 is 0 Å². The Hall–Kier alpha value is -1.79. The monoisotopic (exact) mass is 251 g/mol. The van der Waals surface area contributed by atoms with Crippen LogP contribution in [0.2, 0.25) is 0 Å². The third kappa shape index (κ3) is 3.08. The predicted molar refractivity (Wildman–Crippen MR) is 65.9 cm³/mol. The van der Waals surface area contributed by atoms with Gasteiger partial charge in [0.05, 0.1) is 11.4 Å². The van der Waals surface area contributed by atoms with E-state index in [1.54, 1.807) is 12.1 Å². The lowest BCUT2D eigenvalue weighted by Crippen LogP contribution is -2.12. The molecule has 1 heterocycles. The zero-order valence-electron chi connectivity index (χ0n) is 9.05. The molecule has 0 unspecified atom stereocenters. The van der Waals surface area contributed by atoms with Gasteiger partial charge >= 0.3 is 0 Å². The van der Waals surface area contributed by atoms with E-state index in [2.05, 4.69) is 10.3 Å². The van der Waals surface area contributed by atoms with E-state index in [-0.39, 0.29) is 4.90 Å². The van der Waals surface area contributed by atoms with Crippen LogP contribution < -0.4 is 10.5 Å². The van der Waals surface area contributed by atoms with E-state index in [9.17, 15) is 8.42 Å². The molecule has 0 spiro atoms. The van der Waals surface area contributed by atoms with Gasteiger partial charge in [0.2, 0.25) is 10.0 Å². The molecule has 0 atom stereocenters. The maximum absolute atomic E-state index is 11.2. The second-order valence-corrected chi connectivity index (χ2v) is 5.18. The van der Waals surface area contributed by atoms with Gasteiger partial charge in [0.1, 0.15) is 0 Å². The zero-order chi connectivity index (χ0) is 12.3. The number of nitrogens with one attached hydrogen (secondary N) is 2. The van der Waals surface area contributed by atoms with E-state index < -0.39 is 10.0 Å². The molecule has 1 aromatic heterocycles. The topological polar surface area (TPSA) is 88.0 Å². The van der Waals surface area contributed by atoms with Gasteiger partial charge in [-0.25, -0.2) is 13.6 Å². The molecule has 0 bridgehead atoms. The quantitative estimate of drug-likeness (QED) is 0.764. The second kappa shape index (κ2) is 4.60. The van der Waals surface area contributed by atoms with Crippen molar-refractivity contribution in [3.8, 4) is 0 Å². The van der Waals surface area contributed by atoms with Gasteiger partial charge in [0.25, 0.3) is 0 Å². The minimum Gasteiger partial charge on any atom is -0.379 e. The number of rotatable bonds is 4. The van der Waals surface area contributed by atoms with Crippen LogP contribution in [0.3, 0.4) is 0 Å². The number of sulfonamides is 1. The Bertz CT molecular complexity index is 591. The average Bonchev–Trinajstić information content (AvgIpc) is 2.78. The first-order chi connectivity index (χ1) is 8.05. The summed E-state index contributed by atoms with van der Waals surface area (Å²) in [4.78, 5) is 3.15. The van der Waals surface area contributed by atoms with E-state index in [0.29, 0.717) is 12.2 Å². The lowest BCUT2D eigenvalue weighted by Gasteiger charge is -2.06. The van der Waals surface area contributed by atoms with E-state index in [1.807, 2.05) is 18.3 Å². The maximum Gasteiger partial charge on any atom is 0.238 e. The summed E-state index contributed by atoms with van der Waals surface area (Å²) in [5, 5.41) is 8.16. The number of nitrogens with two attached hydrogens (primary N) is 1. The molecule has 0 fully saturated rings. The van der Waals surface area contributed by atoms with Crippen molar-refractivity contribution in [2.45, 2.75) is 11.4 Å². The Morgan fingerprint density at radius 2 is 2.06 bits per heavy atom. The molecule has 4 N–H and O–H groups in total. The Balaban J connectivity index is 2.12. The first kappa shape index (κ1) is 11.7. The summed E-state index contributed by atoms with van der Waals surface area (Å²) in [5.74, 6) is 0. The van der Waals surface area contributed by atoms with Gasteiger partial charge in [-0.3, -0.25) is 0 Å². The number of anilines is 1. The fourth-order valence-corrected chi connectivity index (χ4v) is 2.02. The highest BCUT2D eigenvalue weighted by molar-refractivity contribution is 7.89. The molecule has 2 rings (SSSR count). The number of primary sulfonamides is 1. The van der Waals surface area contributed by atoms with Crippen LogP contribution in [0.1, 0.15) is 5.69 Å². The highest BCUT2D eigenvalue weighted by Crippen LogP contribution is 2.14. The number of aromatic amines is 1. The molecule has 90 valence electrons. The lowest BCUT2D eigenvalue weighted by molar-refractivity contribution is 0.598. The van der Waals surface area contributed by atoms with Gasteiger partial charge < -0.3 is 10.3 Å². The molecule has 0 aliphatic carbocycles. The van der Waals surface area contributed by atoms with Crippen LogP contribution in [0.15, 0.2) is 47.5 Å². The number of aromatic nitrogens is 1. The highest BCUT2D eigenvalue weighted by atomic mass is 32.2. The van der Waals surface area contributed by atoms with Crippen LogP contribution in [0.4, 0.5) is 5.69 Å². The summed E-state index contributed by atoms with van der Waals surface area (Å²) in [6.45, 7) is 0.598. The number of hydrogen-bond donors (Lipinski definition) is 3. The molecule has 17 heavy (non-hydrogen) atoms. The predicted octanol–water partition coefficient (Wildman–Crippen LogP) is 1.27. The lowest BCUT2D eigenvalue weighted by atomic mass is 10.3. The van der Waals surface area contributed by atoms with Crippen molar-refractivity contribution in [2.75, 3.05) is 5.32 Å². The van der Waals surface area contributed by atoms with Crippen LogP contribution in [-0.2, 0) is 16.6 Å². The molecular weight excluding hydrogens is 238 g/mol. The Morgan fingerprint density at radius 3 is 2.71 bits per heavy atom. The third-order valence-electron chi connectivity index (χ3n) is 2.31. The smallest absolute Gasteiger partial charge is 0.238 e. The van der Waals surface area contributed by atoms with Crippen molar-refractivity contribution >= 4 is 15.7 Å². The van der Waals surface area contributed by atoms with Crippen molar-refractivity contribution in [1.29, 1.82) is 0 Å². The molecule has 0 saturated heterocycles. The summed E-state index contributed by atoms with van der Waals surface area (Å²) in [6, 6.07) is 10.3. The van der Waals surface area contributed by atoms with Gasteiger partial charge in [-0.2, -0.15) is 0 Å². The molecule has 1 aromatic carbocycles. The Labute approximate surface area is 99.7 Å². The largest absolute Gasteiger partial charge is 0.379 e. The van der Waals surface area contributed by atoms with Gasteiger partial charge in [0, 0.05) is 17.6 Å². The molecule has 0 amide bonds. The van der Waals surface area contributed by atoms with Crippen molar-refractivity contribution in [3.63, 3.8) is 0 Å². The van der Waals surface area contributed by atoms with Crippen LogP contribution in [0, 0.1) is 0 Å². The zero-order valence-corrected chi connectivity index (χ0v) is 9.87. The third-order valence-corrected chi connectivity index (χ3v) is 3.22. The summed E-state index contributed by atoms with van der Waals surface area (Å²) < 4.78 is 22.3. The van der Waals surface area contributed by atoms with Crippen molar-refractivity contribution in [3.05, 3.63) is 48.3 Å². The van der Waals surface area contributed by atoms with Gasteiger partial charge in [0.15, 0.2) is 0 Å². The normalized spacial score (nSPS) is 11.4. The van der Waals surface area contributed by atoms with Crippen LogP contribution in [0.5, 0.6) is 0 Å². The van der Waals surface area contributed by atoms with E-state index in [0.717, 1.165) is 5.69 Å². The van der Waals surface area contributed by atoms with Crippen molar-refractivity contribution in [2.24, 2.45) is 5.14 Å². The van der Waals surface area contributed by atoms with Crippen molar-refractivity contribution in [1.82, 2.24) is 4.98 Å².